The number of hydrogen-bond donors (Lipinski definition) is 1. The largest absolute Gasteiger partial charge is 0.483 e. The number of nitrogens with one attached hydrogen (secondary N) is 1. The number of esters is 1. The third-order valence-corrected chi connectivity index (χ3v) is 7.45. The van der Waals surface area contributed by atoms with E-state index in [9.17, 15) is 9.59 Å². The molecule has 0 aliphatic rings. The second-order valence-corrected chi connectivity index (χ2v) is 10.2. The molecular weight excluding hydrogens is 540 g/mol. The summed E-state index contributed by atoms with van der Waals surface area (Å²) in [6, 6.07) is 9.37. The number of benzene rings is 1. The van der Waals surface area contributed by atoms with Crippen LogP contribution in [0.4, 0.5) is 5.00 Å². The van der Waals surface area contributed by atoms with Gasteiger partial charge in [0, 0.05) is 15.9 Å². The van der Waals surface area contributed by atoms with Crippen molar-refractivity contribution >= 4 is 55.9 Å². The summed E-state index contributed by atoms with van der Waals surface area (Å²) in [6.07, 6.45) is 0.451. The molecule has 2 aromatic heterocycles. The van der Waals surface area contributed by atoms with Crippen molar-refractivity contribution in [1.29, 1.82) is 0 Å². The van der Waals surface area contributed by atoms with Crippen LogP contribution in [0, 0.1) is 0 Å². The molecule has 182 valence electrons. The number of rotatable bonds is 11. The van der Waals surface area contributed by atoms with Gasteiger partial charge < -0.3 is 19.4 Å². The number of thioether (sulfide) groups is 1. The van der Waals surface area contributed by atoms with Gasteiger partial charge in [-0.2, -0.15) is 0 Å². The minimum absolute atomic E-state index is 0.127. The van der Waals surface area contributed by atoms with Crippen molar-refractivity contribution in [1.82, 2.24) is 14.8 Å². The average molecular weight is 568 g/mol. The molecule has 1 unspecified atom stereocenters. The van der Waals surface area contributed by atoms with Gasteiger partial charge in [0.25, 0.3) is 0 Å². The summed E-state index contributed by atoms with van der Waals surface area (Å²) >= 11 is 6.09. The minimum Gasteiger partial charge on any atom is -0.483 e. The van der Waals surface area contributed by atoms with Crippen molar-refractivity contribution in [2.45, 2.75) is 51.9 Å². The highest BCUT2D eigenvalue weighted by atomic mass is 79.9. The Morgan fingerprint density at radius 1 is 1.21 bits per heavy atom. The first-order chi connectivity index (χ1) is 16.4. The van der Waals surface area contributed by atoms with E-state index in [1.807, 2.05) is 49.6 Å². The third kappa shape index (κ3) is 6.61. The predicted molar refractivity (Wildman–Crippen MR) is 138 cm³/mol. The number of aryl methyl sites for hydroxylation is 1. The van der Waals surface area contributed by atoms with Crippen LogP contribution < -0.4 is 10.1 Å². The molecule has 3 rings (SSSR count). The van der Waals surface area contributed by atoms with Crippen molar-refractivity contribution in [3.05, 3.63) is 51.1 Å². The van der Waals surface area contributed by atoms with E-state index in [2.05, 4.69) is 31.4 Å². The topological polar surface area (TPSA) is 95.3 Å². The molecule has 0 spiro atoms. The number of thiophene rings is 1. The van der Waals surface area contributed by atoms with Gasteiger partial charge in [-0.1, -0.05) is 34.6 Å². The summed E-state index contributed by atoms with van der Waals surface area (Å²) in [4.78, 5) is 25.9. The zero-order valence-corrected chi connectivity index (χ0v) is 22.7. The lowest BCUT2D eigenvalue weighted by Crippen LogP contribution is -2.16. The highest BCUT2D eigenvalue weighted by molar-refractivity contribution is 9.10. The highest BCUT2D eigenvalue weighted by Gasteiger charge is 2.21. The molecule has 34 heavy (non-hydrogen) atoms. The first kappa shape index (κ1) is 26.2. The maximum absolute atomic E-state index is 12.7. The van der Waals surface area contributed by atoms with E-state index in [-0.39, 0.29) is 24.4 Å². The van der Waals surface area contributed by atoms with E-state index in [0.717, 1.165) is 21.5 Å². The van der Waals surface area contributed by atoms with Crippen molar-refractivity contribution in [3.8, 4) is 5.75 Å². The van der Waals surface area contributed by atoms with Crippen LogP contribution in [0.3, 0.4) is 0 Å². The molecule has 0 aliphatic carbocycles. The monoisotopic (exact) mass is 566 g/mol. The molecule has 1 atom stereocenters. The second kappa shape index (κ2) is 12.4. The van der Waals surface area contributed by atoms with Gasteiger partial charge in [-0.3, -0.25) is 4.79 Å². The molecule has 0 fully saturated rings. The molecule has 0 bridgehead atoms. The number of ether oxygens (including phenoxy) is 2. The Bertz CT molecular complexity index is 1130. The molecule has 1 amide bonds. The molecule has 11 heteroatoms. The molecule has 0 saturated carbocycles. The number of amides is 1. The lowest BCUT2D eigenvalue weighted by molar-refractivity contribution is -0.113. The van der Waals surface area contributed by atoms with E-state index >= 15 is 0 Å². The predicted octanol–water partition coefficient (Wildman–Crippen LogP) is 5.73. The van der Waals surface area contributed by atoms with Crippen molar-refractivity contribution in [2.24, 2.45) is 0 Å². The zero-order valence-electron chi connectivity index (χ0n) is 19.5. The Labute approximate surface area is 215 Å². The summed E-state index contributed by atoms with van der Waals surface area (Å²) in [6.45, 7) is 8.57. The number of nitrogens with zero attached hydrogens (tertiary/aromatic N) is 3. The quantitative estimate of drug-likeness (QED) is 0.234. The number of anilines is 1. The average Bonchev–Trinajstić information content (AvgIpc) is 3.43. The summed E-state index contributed by atoms with van der Waals surface area (Å²) in [5, 5.41) is 12.6. The number of aromatic nitrogens is 3. The van der Waals surface area contributed by atoms with E-state index in [4.69, 9.17) is 9.47 Å². The van der Waals surface area contributed by atoms with Gasteiger partial charge >= 0.3 is 5.97 Å². The van der Waals surface area contributed by atoms with Crippen molar-refractivity contribution in [2.75, 3.05) is 17.7 Å². The van der Waals surface area contributed by atoms with Crippen LogP contribution in [0.5, 0.6) is 5.75 Å². The molecular formula is C23H27BrN4O4S2. The fraction of sp³-hybridized carbons (Fsp3) is 0.391. The zero-order chi connectivity index (χ0) is 24.7. The van der Waals surface area contributed by atoms with Crippen molar-refractivity contribution < 1.29 is 19.1 Å². The van der Waals surface area contributed by atoms with Crippen LogP contribution in [0.25, 0.3) is 0 Å². The van der Waals surface area contributed by atoms with Gasteiger partial charge in [-0.25, -0.2) is 4.79 Å². The smallest absolute Gasteiger partial charge is 0.341 e. The Hall–Kier alpha value is -2.37. The number of carbonyl (C=O) groups is 2. The van der Waals surface area contributed by atoms with Gasteiger partial charge in [0.2, 0.25) is 5.91 Å². The molecule has 8 nitrogen and oxygen atoms in total. The Morgan fingerprint density at radius 2 is 1.94 bits per heavy atom. The number of hydrogen-bond acceptors (Lipinski definition) is 8. The van der Waals surface area contributed by atoms with E-state index in [1.54, 1.807) is 13.0 Å². The summed E-state index contributed by atoms with van der Waals surface area (Å²) in [5.74, 6) is 0.878. The van der Waals surface area contributed by atoms with Crippen LogP contribution in [-0.4, -0.2) is 39.0 Å². The van der Waals surface area contributed by atoms with Crippen LogP contribution in [0.15, 0.2) is 40.0 Å². The lowest BCUT2D eigenvalue weighted by atomic mass is 10.2. The summed E-state index contributed by atoms with van der Waals surface area (Å²) < 4.78 is 14.0. The van der Waals surface area contributed by atoms with Gasteiger partial charge in [0.05, 0.1) is 17.9 Å². The molecule has 0 aliphatic heterocycles. The van der Waals surface area contributed by atoms with Gasteiger partial charge in [0.15, 0.2) is 17.1 Å². The van der Waals surface area contributed by atoms with Crippen molar-refractivity contribution in [3.63, 3.8) is 0 Å². The Balaban J connectivity index is 1.65. The Morgan fingerprint density at radius 3 is 2.59 bits per heavy atom. The van der Waals surface area contributed by atoms with E-state index < -0.39 is 5.97 Å². The fourth-order valence-electron chi connectivity index (χ4n) is 3.14. The summed E-state index contributed by atoms with van der Waals surface area (Å²) in [7, 11) is 0. The maximum Gasteiger partial charge on any atom is 0.341 e. The standard InChI is InChI=1S/C23H27BrN4O4S2/c1-5-17-12-18(22(30)31-7-3)21(34-17)25-19(29)13-33-23-27-26-20(28(23)6-2)14(4)32-16-10-8-15(24)9-11-16/h8-12,14H,5-7,13H2,1-4H3,(H,25,29). The molecule has 1 N–H and O–H groups in total. The van der Waals surface area contributed by atoms with Crippen LogP contribution in [-0.2, 0) is 22.5 Å². The highest BCUT2D eigenvalue weighted by Crippen LogP contribution is 2.30. The number of halogens is 1. The maximum atomic E-state index is 12.7. The minimum atomic E-state index is -0.434. The van der Waals surface area contributed by atoms with E-state index in [1.165, 1.54) is 23.1 Å². The summed E-state index contributed by atoms with van der Waals surface area (Å²) in [5.41, 5.74) is 0.389. The lowest BCUT2D eigenvalue weighted by Gasteiger charge is -2.15. The second-order valence-electron chi connectivity index (χ2n) is 7.17. The molecule has 0 saturated heterocycles. The first-order valence-electron chi connectivity index (χ1n) is 10.9. The third-order valence-electron chi connectivity index (χ3n) is 4.76. The first-order valence-corrected chi connectivity index (χ1v) is 13.5. The van der Waals surface area contributed by atoms with E-state index in [0.29, 0.717) is 28.1 Å². The van der Waals surface area contributed by atoms with Crippen LogP contribution in [0.2, 0.25) is 0 Å². The Kier molecular flexibility index (Phi) is 9.54. The van der Waals surface area contributed by atoms with Crippen LogP contribution in [0.1, 0.15) is 54.9 Å². The number of carbonyl (C=O) groups excluding carboxylic acids is 2. The molecule has 1 aromatic carbocycles. The van der Waals surface area contributed by atoms with Gasteiger partial charge in [0.1, 0.15) is 10.8 Å². The molecule has 0 radical (unpaired) electrons. The SMILES string of the molecule is CCOC(=O)c1cc(CC)sc1NC(=O)CSc1nnc(C(C)Oc2ccc(Br)cc2)n1CC. The van der Waals surface area contributed by atoms with Gasteiger partial charge in [-0.05, 0) is 57.5 Å². The van der Waals surface area contributed by atoms with Crippen LogP contribution >= 0.6 is 39.0 Å². The fourth-order valence-corrected chi connectivity index (χ4v) is 5.21. The molecule has 2 heterocycles. The van der Waals surface area contributed by atoms with Gasteiger partial charge in [-0.15, -0.1) is 21.5 Å². The normalized spacial score (nSPS) is 11.8. The molecule has 3 aromatic rings.